The number of aromatic amines is 1. The van der Waals surface area contributed by atoms with Crippen LogP contribution in [-0.2, 0) is 16.6 Å². The molecule has 114 valence electrons. The van der Waals surface area contributed by atoms with Crippen LogP contribution < -0.4 is 0 Å². The van der Waals surface area contributed by atoms with Crippen LogP contribution in [0.15, 0.2) is 4.90 Å². The molecular formula is C13H23N3O3S. The third-order valence-electron chi connectivity index (χ3n) is 4.49. The summed E-state index contributed by atoms with van der Waals surface area (Å²) in [7, 11) is -3.57. The highest BCUT2D eigenvalue weighted by molar-refractivity contribution is 7.89. The number of aryl methyl sites for hydroxylation is 1. The minimum atomic E-state index is -3.57. The molecule has 0 amide bonds. The van der Waals surface area contributed by atoms with Crippen LogP contribution >= 0.6 is 0 Å². The van der Waals surface area contributed by atoms with Crippen LogP contribution in [0.5, 0.6) is 0 Å². The summed E-state index contributed by atoms with van der Waals surface area (Å²) in [5, 5.41) is 15.8. The number of aliphatic hydroxyl groups excluding tert-OH is 1. The first-order chi connectivity index (χ1) is 9.34. The van der Waals surface area contributed by atoms with Crippen LogP contribution in [-0.4, -0.2) is 41.1 Å². The fraction of sp³-hybridized carbons (Fsp3) is 0.769. The predicted octanol–water partition coefficient (Wildman–Crippen LogP) is 1.41. The predicted molar refractivity (Wildman–Crippen MR) is 75.6 cm³/mol. The van der Waals surface area contributed by atoms with Gasteiger partial charge in [0.2, 0.25) is 10.0 Å². The Labute approximate surface area is 120 Å². The zero-order valence-electron chi connectivity index (χ0n) is 12.3. The van der Waals surface area contributed by atoms with E-state index < -0.39 is 10.0 Å². The van der Waals surface area contributed by atoms with E-state index in [1.807, 2.05) is 0 Å². The van der Waals surface area contributed by atoms with Crippen molar-refractivity contribution in [1.29, 1.82) is 0 Å². The van der Waals surface area contributed by atoms with Crippen molar-refractivity contribution in [2.75, 3.05) is 13.1 Å². The lowest BCUT2D eigenvalue weighted by Gasteiger charge is -2.38. The largest absolute Gasteiger partial charge is 0.390 e. The van der Waals surface area contributed by atoms with E-state index in [9.17, 15) is 13.5 Å². The standard InChI is InChI=1S/C13H23N3O3S/c1-4-13(3)5-7-16(8-6-13)20(18,19)12-10(2)14-15-11(12)9-17/h17H,4-9H2,1-3H3,(H,14,15). The monoisotopic (exact) mass is 301 g/mol. The molecule has 0 spiro atoms. The van der Waals surface area contributed by atoms with E-state index in [0.29, 0.717) is 18.8 Å². The number of nitrogens with one attached hydrogen (secondary N) is 1. The number of aliphatic hydroxyl groups is 1. The van der Waals surface area contributed by atoms with E-state index in [1.165, 1.54) is 4.31 Å². The van der Waals surface area contributed by atoms with E-state index >= 15 is 0 Å². The van der Waals surface area contributed by atoms with Gasteiger partial charge >= 0.3 is 0 Å². The molecule has 0 radical (unpaired) electrons. The second-order valence-electron chi connectivity index (χ2n) is 5.85. The Bertz CT molecular complexity index is 572. The first kappa shape index (κ1) is 15.5. The second kappa shape index (κ2) is 5.46. The molecule has 1 aromatic heterocycles. The molecule has 0 aliphatic carbocycles. The molecule has 6 nitrogen and oxygen atoms in total. The van der Waals surface area contributed by atoms with Crippen molar-refractivity contribution in [3.05, 3.63) is 11.4 Å². The van der Waals surface area contributed by atoms with Gasteiger partial charge in [0.05, 0.1) is 12.3 Å². The molecule has 2 N–H and O–H groups in total. The summed E-state index contributed by atoms with van der Waals surface area (Å²) in [5.74, 6) is 0. The third kappa shape index (κ3) is 2.62. The minimum absolute atomic E-state index is 0.139. The Balaban J connectivity index is 2.26. The van der Waals surface area contributed by atoms with Gasteiger partial charge in [0, 0.05) is 13.1 Å². The van der Waals surface area contributed by atoms with Gasteiger partial charge < -0.3 is 5.11 Å². The van der Waals surface area contributed by atoms with E-state index in [2.05, 4.69) is 24.0 Å². The number of sulfonamides is 1. The zero-order chi connectivity index (χ0) is 15.0. The number of nitrogens with zero attached hydrogens (tertiary/aromatic N) is 2. The molecule has 1 saturated heterocycles. The molecule has 20 heavy (non-hydrogen) atoms. The van der Waals surface area contributed by atoms with Gasteiger partial charge in [-0.3, -0.25) is 5.10 Å². The maximum Gasteiger partial charge on any atom is 0.246 e. The lowest BCUT2D eigenvalue weighted by Crippen LogP contribution is -2.42. The smallest absolute Gasteiger partial charge is 0.246 e. The summed E-state index contributed by atoms with van der Waals surface area (Å²) in [5.41, 5.74) is 0.918. The number of hydrogen-bond acceptors (Lipinski definition) is 4. The summed E-state index contributed by atoms with van der Waals surface area (Å²) in [6, 6.07) is 0. The molecule has 1 aliphatic rings. The zero-order valence-corrected chi connectivity index (χ0v) is 13.1. The number of hydrogen-bond donors (Lipinski definition) is 2. The Hall–Kier alpha value is -0.920. The summed E-state index contributed by atoms with van der Waals surface area (Å²) in [4.78, 5) is 0.139. The van der Waals surface area contributed by atoms with Crippen LogP contribution in [0.4, 0.5) is 0 Å². The molecule has 2 heterocycles. The summed E-state index contributed by atoms with van der Waals surface area (Å²) in [6.07, 6.45) is 2.80. The summed E-state index contributed by atoms with van der Waals surface area (Å²) >= 11 is 0. The van der Waals surface area contributed by atoms with Crippen molar-refractivity contribution in [3.63, 3.8) is 0 Å². The van der Waals surface area contributed by atoms with Gasteiger partial charge in [-0.1, -0.05) is 20.3 Å². The van der Waals surface area contributed by atoms with E-state index in [1.54, 1.807) is 6.92 Å². The average molecular weight is 301 g/mol. The van der Waals surface area contributed by atoms with E-state index in [0.717, 1.165) is 19.3 Å². The van der Waals surface area contributed by atoms with Crippen LogP contribution in [0, 0.1) is 12.3 Å². The molecule has 0 atom stereocenters. The number of H-pyrrole nitrogens is 1. The number of rotatable bonds is 4. The Morgan fingerprint density at radius 3 is 2.50 bits per heavy atom. The fourth-order valence-corrected chi connectivity index (χ4v) is 4.43. The quantitative estimate of drug-likeness (QED) is 0.880. The van der Waals surface area contributed by atoms with Crippen molar-refractivity contribution in [2.24, 2.45) is 5.41 Å². The number of aromatic nitrogens is 2. The van der Waals surface area contributed by atoms with Gasteiger partial charge in [0.15, 0.2) is 0 Å². The Morgan fingerprint density at radius 1 is 1.40 bits per heavy atom. The van der Waals surface area contributed by atoms with E-state index in [4.69, 9.17) is 0 Å². The highest BCUT2D eigenvalue weighted by Crippen LogP contribution is 2.36. The van der Waals surface area contributed by atoms with Crippen molar-refractivity contribution in [2.45, 2.75) is 51.5 Å². The van der Waals surface area contributed by atoms with Gasteiger partial charge in [-0.15, -0.1) is 0 Å². The van der Waals surface area contributed by atoms with Gasteiger partial charge in [0.25, 0.3) is 0 Å². The fourth-order valence-electron chi connectivity index (χ4n) is 2.67. The van der Waals surface area contributed by atoms with Crippen molar-refractivity contribution < 1.29 is 13.5 Å². The molecule has 7 heteroatoms. The Kier molecular flexibility index (Phi) is 4.22. The van der Waals surface area contributed by atoms with Crippen molar-refractivity contribution in [3.8, 4) is 0 Å². The normalized spacial score (nSPS) is 20.2. The molecule has 0 unspecified atom stereocenters. The SMILES string of the molecule is CCC1(C)CCN(S(=O)(=O)c2c(CO)n[nH]c2C)CC1. The first-order valence-electron chi connectivity index (χ1n) is 6.99. The van der Waals surface area contributed by atoms with E-state index in [-0.39, 0.29) is 22.6 Å². The van der Waals surface area contributed by atoms with Crippen LogP contribution in [0.25, 0.3) is 0 Å². The lowest BCUT2D eigenvalue weighted by atomic mass is 9.79. The lowest BCUT2D eigenvalue weighted by molar-refractivity contribution is 0.168. The van der Waals surface area contributed by atoms with Gasteiger partial charge in [0.1, 0.15) is 10.6 Å². The third-order valence-corrected chi connectivity index (χ3v) is 6.59. The Morgan fingerprint density at radius 2 is 2.00 bits per heavy atom. The first-order valence-corrected chi connectivity index (χ1v) is 8.43. The highest BCUT2D eigenvalue weighted by atomic mass is 32.2. The van der Waals surface area contributed by atoms with Gasteiger partial charge in [-0.25, -0.2) is 8.42 Å². The summed E-state index contributed by atoms with van der Waals surface area (Å²) < 4.78 is 26.9. The van der Waals surface area contributed by atoms with Crippen LogP contribution in [0.3, 0.4) is 0 Å². The molecule has 1 aliphatic heterocycles. The molecule has 1 aromatic rings. The van der Waals surface area contributed by atoms with Gasteiger partial charge in [-0.05, 0) is 25.2 Å². The maximum atomic E-state index is 12.7. The van der Waals surface area contributed by atoms with Crippen molar-refractivity contribution >= 4 is 10.0 Å². The molecular weight excluding hydrogens is 278 g/mol. The molecule has 2 rings (SSSR count). The van der Waals surface area contributed by atoms with Crippen LogP contribution in [0.2, 0.25) is 0 Å². The maximum absolute atomic E-state index is 12.7. The van der Waals surface area contributed by atoms with Gasteiger partial charge in [-0.2, -0.15) is 9.40 Å². The molecule has 0 bridgehead atoms. The van der Waals surface area contributed by atoms with Crippen molar-refractivity contribution in [1.82, 2.24) is 14.5 Å². The molecule has 1 fully saturated rings. The number of piperidine rings is 1. The molecule has 0 saturated carbocycles. The minimum Gasteiger partial charge on any atom is -0.390 e. The molecule has 0 aromatic carbocycles. The van der Waals surface area contributed by atoms with Crippen LogP contribution in [0.1, 0.15) is 44.5 Å². The highest BCUT2D eigenvalue weighted by Gasteiger charge is 2.36. The second-order valence-corrected chi connectivity index (χ2v) is 7.73. The average Bonchev–Trinajstić information content (AvgIpc) is 2.81. The summed E-state index contributed by atoms with van der Waals surface area (Å²) in [6.45, 7) is 6.70. The topological polar surface area (TPSA) is 86.3 Å².